The van der Waals surface area contributed by atoms with E-state index in [0.717, 1.165) is 22.4 Å². The summed E-state index contributed by atoms with van der Waals surface area (Å²) < 4.78 is 6.13. The van der Waals surface area contributed by atoms with Gasteiger partial charge >= 0.3 is 5.97 Å². The first kappa shape index (κ1) is 21.6. The molecule has 0 heterocycles. The average molecular weight is 404 g/mol. The predicted molar refractivity (Wildman–Crippen MR) is 121 cm³/mol. The van der Waals surface area contributed by atoms with E-state index in [9.17, 15) is 4.79 Å². The number of ether oxygens (including phenoxy) is 1. The minimum Gasteiger partial charge on any atom is -0.489 e. The second kappa shape index (κ2) is 9.59. The van der Waals surface area contributed by atoms with Crippen molar-refractivity contribution in [2.24, 2.45) is 0 Å². The third kappa shape index (κ3) is 5.08. The molecule has 0 bridgehead atoms. The molecule has 0 saturated heterocycles. The van der Waals surface area contributed by atoms with Crippen LogP contribution in [0.1, 0.15) is 29.2 Å². The number of hydrogen-bond acceptors (Lipinski definition) is 3. The monoisotopic (exact) mass is 403 g/mol. The Kier molecular flexibility index (Phi) is 6.91. The van der Waals surface area contributed by atoms with Gasteiger partial charge in [0.05, 0.1) is 0 Å². The van der Waals surface area contributed by atoms with Gasteiger partial charge < -0.3 is 9.84 Å². The lowest BCUT2D eigenvalue weighted by molar-refractivity contribution is -0.142. The first-order valence-electron chi connectivity index (χ1n) is 10.2. The molecular weight excluding hydrogens is 374 g/mol. The molecule has 0 unspecified atom stereocenters. The van der Waals surface area contributed by atoms with Gasteiger partial charge in [-0.05, 0) is 67.3 Å². The Morgan fingerprint density at radius 2 is 1.77 bits per heavy atom. The quantitative estimate of drug-likeness (QED) is 0.543. The summed E-state index contributed by atoms with van der Waals surface area (Å²) in [6, 6.07) is 22.2. The second-order valence-electron chi connectivity index (χ2n) is 7.77. The van der Waals surface area contributed by atoms with Crippen LogP contribution in [0.15, 0.2) is 66.7 Å². The molecule has 0 saturated carbocycles. The molecule has 4 heteroatoms. The molecule has 1 N–H and O–H groups in total. The Bertz CT molecular complexity index is 1010. The van der Waals surface area contributed by atoms with Gasteiger partial charge in [-0.15, -0.1) is 0 Å². The molecule has 0 aliphatic heterocycles. The zero-order valence-corrected chi connectivity index (χ0v) is 18.1. The second-order valence-corrected chi connectivity index (χ2v) is 7.77. The normalized spacial score (nSPS) is 12.0. The van der Waals surface area contributed by atoms with Crippen LogP contribution in [0.2, 0.25) is 0 Å². The average Bonchev–Trinajstić information content (AvgIpc) is 2.74. The van der Waals surface area contributed by atoms with E-state index in [1.165, 1.54) is 16.7 Å². The van der Waals surface area contributed by atoms with Crippen molar-refractivity contribution in [3.63, 3.8) is 0 Å². The fraction of sp³-hybridized carbons (Fsp3) is 0.269. The van der Waals surface area contributed by atoms with E-state index in [2.05, 4.69) is 55.5 Å². The van der Waals surface area contributed by atoms with Crippen molar-refractivity contribution < 1.29 is 14.6 Å². The molecule has 30 heavy (non-hydrogen) atoms. The molecule has 3 aromatic carbocycles. The first-order chi connectivity index (χ1) is 14.4. The van der Waals surface area contributed by atoms with E-state index in [1.807, 2.05) is 37.1 Å². The zero-order chi connectivity index (χ0) is 21.7. The highest BCUT2D eigenvalue weighted by molar-refractivity contribution is 5.72. The van der Waals surface area contributed by atoms with E-state index in [4.69, 9.17) is 9.84 Å². The summed E-state index contributed by atoms with van der Waals surface area (Å²) in [7, 11) is 1.82. The Balaban J connectivity index is 1.70. The molecular formula is C26H29NO3. The topological polar surface area (TPSA) is 49.8 Å². The number of carboxylic acid groups (broad SMARTS) is 1. The van der Waals surface area contributed by atoms with Gasteiger partial charge in [0.25, 0.3) is 0 Å². The third-order valence-corrected chi connectivity index (χ3v) is 5.60. The van der Waals surface area contributed by atoms with Crippen LogP contribution in [-0.4, -0.2) is 29.1 Å². The van der Waals surface area contributed by atoms with Crippen LogP contribution in [0.3, 0.4) is 0 Å². The molecule has 0 aromatic heterocycles. The smallest absolute Gasteiger partial charge is 0.320 e. The number of benzene rings is 3. The van der Waals surface area contributed by atoms with Crippen LogP contribution >= 0.6 is 0 Å². The number of carbonyl (C=O) groups is 1. The fourth-order valence-corrected chi connectivity index (χ4v) is 3.51. The summed E-state index contributed by atoms with van der Waals surface area (Å²) in [6.45, 7) is 6.93. The third-order valence-electron chi connectivity index (χ3n) is 5.60. The van der Waals surface area contributed by atoms with Gasteiger partial charge in [0.1, 0.15) is 18.4 Å². The number of aryl methyl sites for hydroxylation is 1. The van der Waals surface area contributed by atoms with Crippen molar-refractivity contribution in [2.75, 3.05) is 7.05 Å². The molecule has 0 radical (unpaired) electrons. The Labute approximate surface area is 178 Å². The van der Waals surface area contributed by atoms with E-state index in [-0.39, 0.29) is 0 Å². The van der Waals surface area contributed by atoms with Crippen molar-refractivity contribution in [2.45, 2.75) is 40.0 Å². The molecule has 1 atom stereocenters. The highest BCUT2D eigenvalue weighted by atomic mass is 16.5. The zero-order valence-electron chi connectivity index (χ0n) is 18.1. The first-order valence-corrected chi connectivity index (χ1v) is 10.2. The van der Waals surface area contributed by atoms with Gasteiger partial charge in [-0.1, -0.05) is 60.7 Å². The summed E-state index contributed by atoms with van der Waals surface area (Å²) in [4.78, 5) is 13.0. The molecule has 0 spiro atoms. The molecule has 0 amide bonds. The maximum absolute atomic E-state index is 11.2. The highest BCUT2D eigenvalue weighted by Crippen LogP contribution is 2.27. The van der Waals surface area contributed by atoms with Gasteiger partial charge in [-0.25, -0.2) is 0 Å². The van der Waals surface area contributed by atoms with Crippen LogP contribution in [0, 0.1) is 13.8 Å². The molecule has 3 aromatic rings. The van der Waals surface area contributed by atoms with Crippen LogP contribution in [0.25, 0.3) is 11.1 Å². The molecule has 0 aliphatic carbocycles. The summed E-state index contributed by atoms with van der Waals surface area (Å²) in [5, 5.41) is 9.16. The number of carboxylic acids is 1. The lowest BCUT2D eigenvalue weighted by Crippen LogP contribution is -2.35. The standard InChI is InChI=1S/C26H29NO3/c1-18-15-21(16-27(4)20(3)26(28)29)13-14-25(18)30-17-23-11-8-12-24(19(23)2)22-9-6-5-7-10-22/h5-15,20H,16-17H2,1-4H3,(H,28,29)/t20-/m1/s1. The van der Waals surface area contributed by atoms with E-state index < -0.39 is 12.0 Å². The number of rotatable bonds is 8. The molecule has 156 valence electrons. The lowest BCUT2D eigenvalue weighted by atomic mass is 9.97. The molecule has 0 aliphatic rings. The van der Waals surface area contributed by atoms with Crippen LogP contribution in [0.4, 0.5) is 0 Å². The SMILES string of the molecule is Cc1cc(CN(C)[C@H](C)C(=O)O)ccc1OCc1cccc(-c2ccccc2)c1C. The fourth-order valence-electron chi connectivity index (χ4n) is 3.51. The van der Waals surface area contributed by atoms with Gasteiger partial charge in [-0.3, -0.25) is 9.69 Å². The van der Waals surface area contributed by atoms with Crippen molar-refractivity contribution in [1.82, 2.24) is 4.90 Å². The highest BCUT2D eigenvalue weighted by Gasteiger charge is 2.17. The van der Waals surface area contributed by atoms with Crippen molar-refractivity contribution in [1.29, 1.82) is 0 Å². The van der Waals surface area contributed by atoms with E-state index >= 15 is 0 Å². The van der Waals surface area contributed by atoms with E-state index in [1.54, 1.807) is 6.92 Å². The van der Waals surface area contributed by atoms with Gasteiger partial charge in [0, 0.05) is 6.54 Å². The predicted octanol–water partition coefficient (Wildman–Crippen LogP) is 5.45. The summed E-state index contributed by atoms with van der Waals surface area (Å²) in [5.41, 5.74) is 6.92. The maximum Gasteiger partial charge on any atom is 0.320 e. The molecule has 0 fully saturated rings. The number of hydrogen-bond donors (Lipinski definition) is 1. The van der Waals surface area contributed by atoms with Gasteiger partial charge in [0.2, 0.25) is 0 Å². The Morgan fingerprint density at radius 1 is 1.03 bits per heavy atom. The number of nitrogens with zero attached hydrogens (tertiary/aromatic N) is 1. The van der Waals surface area contributed by atoms with Crippen molar-refractivity contribution in [3.8, 4) is 16.9 Å². The van der Waals surface area contributed by atoms with Crippen molar-refractivity contribution >= 4 is 5.97 Å². The lowest BCUT2D eigenvalue weighted by Gasteiger charge is -2.21. The largest absolute Gasteiger partial charge is 0.489 e. The summed E-state index contributed by atoms with van der Waals surface area (Å²) >= 11 is 0. The summed E-state index contributed by atoms with van der Waals surface area (Å²) in [5.74, 6) is 0.0273. The molecule has 4 nitrogen and oxygen atoms in total. The number of likely N-dealkylation sites (N-methyl/N-ethyl adjacent to an activating group) is 1. The van der Waals surface area contributed by atoms with Crippen molar-refractivity contribution in [3.05, 3.63) is 89.0 Å². The van der Waals surface area contributed by atoms with Crippen LogP contribution in [0.5, 0.6) is 5.75 Å². The summed E-state index contributed by atoms with van der Waals surface area (Å²) in [6.07, 6.45) is 0. The van der Waals surface area contributed by atoms with Gasteiger partial charge in [-0.2, -0.15) is 0 Å². The molecule has 3 rings (SSSR count). The minimum atomic E-state index is -0.817. The Hall–Kier alpha value is -3.11. The Morgan fingerprint density at radius 3 is 2.43 bits per heavy atom. The van der Waals surface area contributed by atoms with Crippen LogP contribution in [-0.2, 0) is 17.9 Å². The minimum absolute atomic E-state index is 0.503. The number of aliphatic carboxylic acids is 1. The maximum atomic E-state index is 11.2. The van der Waals surface area contributed by atoms with Crippen LogP contribution < -0.4 is 4.74 Å². The van der Waals surface area contributed by atoms with Gasteiger partial charge in [0.15, 0.2) is 0 Å². The van der Waals surface area contributed by atoms with E-state index in [0.29, 0.717) is 13.2 Å².